The highest BCUT2D eigenvalue weighted by atomic mass is 32.2. The first-order chi connectivity index (χ1) is 12.9. The van der Waals surface area contributed by atoms with Crippen LogP contribution in [0.15, 0.2) is 54.6 Å². The number of rotatable bonds is 5. The SMILES string of the molecule is NS(=O)(=O)Cc1ccc(NC(=O)c2cc(C3CC3)nc3ccccc23)cc1. The van der Waals surface area contributed by atoms with Crippen molar-refractivity contribution in [2.24, 2.45) is 5.14 Å². The van der Waals surface area contributed by atoms with Gasteiger partial charge in [-0.15, -0.1) is 0 Å². The molecule has 0 unspecified atom stereocenters. The molecule has 27 heavy (non-hydrogen) atoms. The molecule has 0 aliphatic heterocycles. The number of pyridine rings is 1. The number of fused-ring (bicyclic) bond motifs is 1. The van der Waals surface area contributed by atoms with Gasteiger partial charge in [-0.3, -0.25) is 9.78 Å². The van der Waals surface area contributed by atoms with Crippen LogP contribution in [0.1, 0.15) is 40.4 Å². The molecule has 1 aromatic heterocycles. The summed E-state index contributed by atoms with van der Waals surface area (Å²) in [5.74, 6) is -0.00520. The molecular formula is C20H19N3O3S. The van der Waals surface area contributed by atoms with Gasteiger partial charge >= 0.3 is 0 Å². The van der Waals surface area contributed by atoms with Crippen molar-refractivity contribution in [2.75, 3.05) is 5.32 Å². The number of nitrogens with two attached hydrogens (primary N) is 1. The van der Waals surface area contributed by atoms with Crippen molar-refractivity contribution in [1.29, 1.82) is 0 Å². The largest absolute Gasteiger partial charge is 0.322 e. The van der Waals surface area contributed by atoms with Crippen molar-refractivity contribution in [3.05, 3.63) is 71.4 Å². The van der Waals surface area contributed by atoms with Gasteiger partial charge in [-0.25, -0.2) is 13.6 Å². The van der Waals surface area contributed by atoms with Gasteiger partial charge in [0.25, 0.3) is 5.91 Å². The minimum Gasteiger partial charge on any atom is -0.322 e. The highest BCUT2D eigenvalue weighted by Crippen LogP contribution is 2.40. The van der Waals surface area contributed by atoms with Crippen LogP contribution in [0, 0.1) is 0 Å². The second-order valence-electron chi connectivity index (χ2n) is 6.84. The first-order valence-corrected chi connectivity index (χ1v) is 10.4. The standard InChI is InChI=1S/C20H19N3O3S/c21-27(25,26)12-13-5-9-15(10-6-13)22-20(24)17-11-19(14-7-8-14)23-18-4-2-1-3-16(17)18/h1-6,9-11,14H,7-8,12H2,(H,22,24)(H2,21,25,26). The van der Waals surface area contributed by atoms with Gasteiger partial charge in [0, 0.05) is 22.7 Å². The molecule has 0 radical (unpaired) electrons. The lowest BCUT2D eigenvalue weighted by atomic mass is 10.1. The van der Waals surface area contributed by atoms with Crippen molar-refractivity contribution < 1.29 is 13.2 Å². The Kier molecular flexibility index (Phi) is 4.41. The summed E-state index contributed by atoms with van der Waals surface area (Å²) in [4.78, 5) is 17.6. The van der Waals surface area contributed by atoms with Gasteiger partial charge in [-0.1, -0.05) is 30.3 Å². The van der Waals surface area contributed by atoms with E-state index >= 15 is 0 Å². The zero-order valence-corrected chi connectivity index (χ0v) is 15.4. The van der Waals surface area contributed by atoms with Gasteiger partial charge in [0.15, 0.2) is 0 Å². The van der Waals surface area contributed by atoms with Gasteiger partial charge in [0.2, 0.25) is 10.0 Å². The molecule has 6 nitrogen and oxygen atoms in total. The Labute approximate surface area is 157 Å². The number of amides is 1. The fourth-order valence-corrected chi connectivity index (χ4v) is 3.74. The molecule has 1 fully saturated rings. The molecule has 0 bridgehead atoms. The van der Waals surface area contributed by atoms with Gasteiger partial charge in [0.1, 0.15) is 0 Å². The maximum absolute atomic E-state index is 12.9. The number of nitrogens with one attached hydrogen (secondary N) is 1. The number of sulfonamides is 1. The van der Waals surface area contributed by atoms with E-state index < -0.39 is 10.0 Å². The van der Waals surface area contributed by atoms with Crippen LogP contribution in [0.5, 0.6) is 0 Å². The lowest BCUT2D eigenvalue weighted by Gasteiger charge is -2.10. The van der Waals surface area contributed by atoms with Gasteiger partial charge < -0.3 is 5.32 Å². The average molecular weight is 381 g/mol. The summed E-state index contributed by atoms with van der Waals surface area (Å²) in [6, 6.07) is 16.1. The van der Waals surface area contributed by atoms with Crippen molar-refractivity contribution >= 4 is 32.5 Å². The summed E-state index contributed by atoms with van der Waals surface area (Å²) < 4.78 is 22.3. The number of aromatic nitrogens is 1. The van der Waals surface area contributed by atoms with Crippen LogP contribution in [-0.2, 0) is 15.8 Å². The molecule has 3 aromatic rings. The quantitative estimate of drug-likeness (QED) is 0.709. The van der Waals surface area contributed by atoms with Crippen LogP contribution in [-0.4, -0.2) is 19.3 Å². The molecule has 138 valence electrons. The second-order valence-corrected chi connectivity index (χ2v) is 8.46. The zero-order chi connectivity index (χ0) is 19.0. The molecule has 4 rings (SSSR count). The molecule has 1 amide bonds. The Morgan fingerprint density at radius 2 is 1.81 bits per heavy atom. The summed E-state index contributed by atoms with van der Waals surface area (Å²) in [5, 5.41) is 8.75. The summed E-state index contributed by atoms with van der Waals surface area (Å²) in [6.45, 7) is 0. The van der Waals surface area contributed by atoms with Crippen molar-refractivity contribution in [3.63, 3.8) is 0 Å². The topological polar surface area (TPSA) is 102 Å². The monoisotopic (exact) mass is 381 g/mol. The molecule has 0 spiro atoms. The summed E-state index contributed by atoms with van der Waals surface area (Å²) in [7, 11) is -3.58. The number of carbonyl (C=O) groups excluding carboxylic acids is 1. The average Bonchev–Trinajstić information content (AvgIpc) is 3.46. The Hall–Kier alpha value is -2.77. The highest BCUT2D eigenvalue weighted by Gasteiger charge is 2.27. The first kappa shape index (κ1) is 17.6. The normalized spacial score (nSPS) is 14.3. The van der Waals surface area contributed by atoms with E-state index in [1.165, 1.54) is 0 Å². The van der Waals surface area contributed by atoms with Crippen LogP contribution < -0.4 is 10.5 Å². The zero-order valence-electron chi connectivity index (χ0n) is 14.6. The molecule has 2 aromatic carbocycles. The lowest BCUT2D eigenvalue weighted by molar-refractivity contribution is 0.102. The summed E-state index contributed by atoms with van der Waals surface area (Å²) >= 11 is 0. The molecule has 0 saturated heterocycles. The maximum Gasteiger partial charge on any atom is 0.256 e. The minimum atomic E-state index is -3.58. The number of para-hydroxylation sites is 1. The van der Waals surface area contributed by atoms with Crippen molar-refractivity contribution in [3.8, 4) is 0 Å². The maximum atomic E-state index is 12.9. The predicted molar refractivity (Wildman–Crippen MR) is 105 cm³/mol. The molecule has 1 aliphatic carbocycles. The number of carbonyl (C=O) groups is 1. The molecule has 1 aliphatic rings. The van der Waals surface area contributed by atoms with E-state index in [2.05, 4.69) is 10.3 Å². The van der Waals surface area contributed by atoms with E-state index in [9.17, 15) is 13.2 Å². The first-order valence-electron chi connectivity index (χ1n) is 8.69. The lowest BCUT2D eigenvalue weighted by Crippen LogP contribution is -2.15. The molecule has 3 N–H and O–H groups in total. The van der Waals surface area contributed by atoms with Crippen LogP contribution in [0.4, 0.5) is 5.69 Å². The van der Waals surface area contributed by atoms with Gasteiger partial charge in [0.05, 0.1) is 16.8 Å². The van der Waals surface area contributed by atoms with E-state index in [0.717, 1.165) is 29.4 Å². The van der Waals surface area contributed by atoms with Crippen molar-refractivity contribution in [2.45, 2.75) is 24.5 Å². The number of hydrogen-bond donors (Lipinski definition) is 2. The number of nitrogens with zero attached hydrogens (tertiary/aromatic N) is 1. The van der Waals surface area contributed by atoms with Gasteiger partial charge in [-0.05, 0) is 42.7 Å². The number of benzene rings is 2. The Morgan fingerprint density at radius 3 is 2.48 bits per heavy atom. The molecule has 0 atom stereocenters. The van der Waals surface area contributed by atoms with E-state index in [1.807, 2.05) is 30.3 Å². The minimum absolute atomic E-state index is 0.213. The third-order valence-corrected chi connectivity index (χ3v) is 5.29. The molecular weight excluding hydrogens is 362 g/mol. The van der Waals surface area contributed by atoms with Crippen LogP contribution in [0.25, 0.3) is 10.9 Å². The second kappa shape index (κ2) is 6.75. The van der Waals surface area contributed by atoms with Crippen LogP contribution in [0.3, 0.4) is 0 Å². The Bertz CT molecular complexity index is 1120. The summed E-state index contributed by atoms with van der Waals surface area (Å²) in [6.07, 6.45) is 2.22. The fraction of sp³-hybridized carbons (Fsp3) is 0.200. The molecule has 1 heterocycles. The molecule has 7 heteroatoms. The van der Waals surface area contributed by atoms with E-state index in [1.54, 1.807) is 24.3 Å². The van der Waals surface area contributed by atoms with Crippen molar-refractivity contribution in [1.82, 2.24) is 4.98 Å². The number of anilines is 1. The van der Waals surface area contributed by atoms with E-state index in [0.29, 0.717) is 22.7 Å². The van der Waals surface area contributed by atoms with E-state index in [4.69, 9.17) is 5.14 Å². The molecule has 1 saturated carbocycles. The fourth-order valence-electron chi connectivity index (χ4n) is 3.09. The number of primary sulfonamides is 1. The third kappa shape index (κ3) is 4.15. The predicted octanol–water partition coefficient (Wildman–Crippen LogP) is 3.15. The van der Waals surface area contributed by atoms with Crippen LogP contribution >= 0.6 is 0 Å². The number of hydrogen-bond acceptors (Lipinski definition) is 4. The Morgan fingerprint density at radius 1 is 1.11 bits per heavy atom. The highest BCUT2D eigenvalue weighted by molar-refractivity contribution is 7.88. The third-order valence-electron chi connectivity index (χ3n) is 4.56. The van der Waals surface area contributed by atoms with E-state index in [-0.39, 0.29) is 11.7 Å². The smallest absolute Gasteiger partial charge is 0.256 e. The van der Waals surface area contributed by atoms with Gasteiger partial charge in [-0.2, -0.15) is 0 Å². The Balaban J connectivity index is 1.61. The summed E-state index contributed by atoms with van der Waals surface area (Å²) in [5.41, 5.74) is 3.53. The van der Waals surface area contributed by atoms with Crippen LogP contribution in [0.2, 0.25) is 0 Å².